The molecule has 1 heteroatoms. The van der Waals surface area contributed by atoms with Gasteiger partial charge in [0, 0.05) is 29.8 Å². The van der Waals surface area contributed by atoms with Crippen LogP contribution >= 0.6 is 0 Å². The first-order chi connectivity index (χ1) is 9.88. The van der Waals surface area contributed by atoms with Gasteiger partial charge in [-0.1, -0.05) is 37.3 Å². The van der Waals surface area contributed by atoms with E-state index in [0.717, 1.165) is 5.92 Å². The van der Waals surface area contributed by atoms with Crippen molar-refractivity contribution in [2.75, 3.05) is 6.54 Å². The van der Waals surface area contributed by atoms with Gasteiger partial charge in [0.25, 0.3) is 0 Å². The van der Waals surface area contributed by atoms with Crippen molar-refractivity contribution in [1.82, 2.24) is 4.90 Å². The van der Waals surface area contributed by atoms with Crippen LogP contribution in [0.1, 0.15) is 56.1 Å². The van der Waals surface area contributed by atoms with Crippen LogP contribution in [0.25, 0.3) is 6.08 Å². The summed E-state index contributed by atoms with van der Waals surface area (Å²) in [5, 5.41) is 0. The average molecular weight is 265 g/mol. The molecule has 2 unspecified atom stereocenters. The average Bonchev–Trinajstić information content (AvgIpc) is 3.07. The maximum Gasteiger partial charge on any atom is 0.0258 e. The third-order valence-corrected chi connectivity index (χ3v) is 5.29. The van der Waals surface area contributed by atoms with Crippen molar-refractivity contribution in [2.45, 2.75) is 44.9 Å². The molecule has 1 aromatic carbocycles. The number of fused-ring (bicyclic) bond motifs is 2. The third-order valence-electron chi connectivity index (χ3n) is 5.29. The summed E-state index contributed by atoms with van der Waals surface area (Å²) < 4.78 is 0. The Balaban J connectivity index is 1.71. The molecule has 2 atom stereocenters. The maximum absolute atomic E-state index is 2.65. The fourth-order valence-electron chi connectivity index (χ4n) is 4.32. The highest BCUT2D eigenvalue weighted by Crippen LogP contribution is 2.46. The van der Waals surface area contributed by atoms with Crippen LogP contribution in [-0.4, -0.2) is 11.4 Å². The van der Waals surface area contributed by atoms with Crippen molar-refractivity contribution >= 4 is 6.08 Å². The third kappa shape index (κ3) is 1.76. The Labute approximate surface area is 122 Å². The van der Waals surface area contributed by atoms with Gasteiger partial charge in [-0.05, 0) is 49.3 Å². The number of benzene rings is 1. The molecule has 0 aromatic heterocycles. The van der Waals surface area contributed by atoms with Gasteiger partial charge in [0.15, 0.2) is 0 Å². The van der Waals surface area contributed by atoms with Gasteiger partial charge in [0.2, 0.25) is 0 Å². The van der Waals surface area contributed by atoms with E-state index in [-0.39, 0.29) is 0 Å². The predicted octanol–water partition coefficient (Wildman–Crippen LogP) is 4.92. The normalized spacial score (nSPS) is 27.9. The minimum Gasteiger partial charge on any atom is -0.348 e. The quantitative estimate of drug-likeness (QED) is 0.733. The van der Waals surface area contributed by atoms with E-state index in [1.807, 2.05) is 0 Å². The highest BCUT2D eigenvalue weighted by Gasteiger charge is 2.35. The minimum absolute atomic E-state index is 0.604. The molecule has 1 aromatic rings. The van der Waals surface area contributed by atoms with Crippen LogP contribution in [0.4, 0.5) is 0 Å². The lowest BCUT2D eigenvalue weighted by atomic mass is 9.92. The van der Waals surface area contributed by atoms with Crippen molar-refractivity contribution in [2.24, 2.45) is 5.92 Å². The van der Waals surface area contributed by atoms with E-state index < -0.39 is 0 Å². The zero-order valence-electron chi connectivity index (χ0n) is 12.3. The first-order valence-corrected chi connectivity index (χ1v) is 8.16. The molecule has 0 spiro atoms. The summed E-state index contributed by atoms with van der Waals surface area (Å²) in [4.78, 5) is 2.65. The molecule has 1 aliphatic heterocycles. The molecule has 0 saturated carbocycles. The first-order valence-electron chi connectivity index (χ1n) is 8.16. The molecule has 1 fully saturated rings. The maximum atomic E-state index is 2.65. The van der Waals surface area contributed by atoms with Gasteiger partial charge in [0.1, 0.15) is 0 Å². The summed E-state index contributed by atoms with van der Waals surface area (Å²) in [7, 11) is 0. The second kappa shape index (κ2) is 4.80. The fraction of sp³-hybridized carbons (Fsp3) is 0.474. The molecule has 4 rings (SSSR count). The Morgan fingerprint density at radius 1 is 1.15 bits per heavy atom. The van der Waals surface area contributed by atoms with Gasteiger partial charge < -0.3 is 4.90 Å². The minimum atomic E-state index is 0.604. The Morgan fingerprint density at radius 2 is 2.05 bits per heavy atom. The van der Waals surface area contributed by atoms with Crippen LogP contribution in [0.5, 0.6) is 0 Å². The molecule has 0 amide bonds. The molecule has 3 aliphatic rings. The Bertz CT molecular complexity index is 581. The largest absolute Gasteiger partial charge is 0.348 e. The number of hydrogen-bond donors (Lipinski definition) is 0. The lowest BCUT2D eigenvalue weighted by Crippen LogP contribution is -2.22. The van der Waals surface area contributed by atoms with E-state index in [1.165, 1.54) is 49.8 Å². The molecule has 0 bridgehead atoms. The van der Waals surface area contributed by atoms with Crippen LogP contribution in [-0.2, 0) is 0 Å². The fourth-order valence-corrected chi connectivity index (χ4v) is 4.32. The molecule has 2 aliphatic carbocycles. The highest BCUT2D eigenvalue weighted by atomic mass is 15.2. The molecule has 1 saturated heterocycles. The van der Waals surface area contributed by atoms with Crippen molar-refractivity contribution in [3.63, 3.8) is 0 Å². The van der Waals surface area contributed by atoms with Crippen LogP contribution < -0.4 is 0 Å². The summed E-state index contributed by atoms with van der Waals surface area (Å²) in [6.07, 6.45) is 11.6. The first kappa shape index (κ1) is 12.3. The van der Waals surface area contributed by atoms with Gasteiger partial charge in [-0.3, -0.25) is 0 Å². The van der Waals surface area contributed by atoms with Crippen LogP contribution in [0.2, 0.25) is 0 Å². The van der Waals surface area contributed by atoms with Crippen LogP contribution in [0.15, 0.2) is 41.7 Å². The Kier molecular flexibility index (Phi) is 2.94. The second-order valence-electron chi connectivity index (χ2n) is 6.36. The Morgan fingerprint density at radius 3 is 2.95 bits per heavy atom. The zero-order valence-corrected chi connectivity index (χ0v) is 12.3. The lowest BCUT2D eigenvalue weighted by Gasteiger charge is -2.30. The van der Waals surface area contributed by atoms with Gasteiger partial charge in [-0.25, -0.2) is 0 Å². The van der Waals surface area contributed by atoms with E-state index in [2.05, 4.69) is 48.2 Å². The van der Waals surface area contributed by atoms with E-state index in [9.17, 15) is 0 Å². The SMILES string of the molecule is CCC1C(N2CCC3CCCC=C32)=Cc2ccccc21. The van der Waals surface area contributed by atoms with E-state index in [1.54, 1.807) is 11.4 Å². The van der Waals surface area contributed by atoms with E-state index in [0.29, 0.717) is 5.92 Å². The molecular weight excluding hydrogens is 242 g/mol. The number of likely N-dealkylation sites (tertiary alicyclic amines) is 1. The zero-order chi connectivity index (χ0) is 13.5. The van der Waals surface area contributed by atoms with Gasteiger partial charge in [-0.15, -0.1) is 0 Å². The Hall–Kier alpha value is -1.50. The number of nitrogens with zero attached hydrogens (tertiary/aromatic N) is 1. The lowest BCUT2D eigenvalue weighted by molar-refractivity contribution is 0.432. The second-order valence-corrected chi connectivity index (χ2v) is 6.36. The van der Waals surface area contributed by atoms with Crippen molar-refractivity contribution in [3.8, 4) is 0 Å². The molecule has 0 radical (unpaired) electrons. The molecule has 0 N–H and O–H groups in total. The highest BCUT2D eigenvalue weighted by molar-refractivity contribution is 5.66. The van der Waals surface area contributed by atoms with E-state index in [4.69, 9.17) is 0 Å². The standard InChI is InChI=1S/C19H23N/c1-2-16-17-9-5-3-8-15(17)13-19(16)20-12-11-14-7-4-6-10-18(14)20/h3,5,8-10,13-14,16H,2,4,6-7,11-12H2,1H3. The molecule has 1 heterocycles. The smallest absolute Gasteiger partial charge is 0.0258 e. The van der Waals surface area contributed by atoms with Gasteiger partial charge in [0.05, 0.1) is 0 Å². The number of rotatable bonds is 2. The monoisotopic (exact) mass is 265 g/mol. The van der Waals surface area contributed by atoms with Crippen LogP contribution in [0, 0.1) is 5.92 Å². The summed E-state index contributed by atoms with van der Waals surface area (Å²) in [6, 6.07) is 8.94. The number of allylic oxidation sites excluding steroid dienone is 3. The molecule has 104 valence electrons. The summed E-state index contributed by atoms with van der Waals surface area (Å²) in [6.45, 7) is 3.55. The van der Waals surface area contributed by atoms with Crippen LogP contribution in [0.3, 0.4) is 0 Å². The van der Waals surface area contributed by atoms with Gasteiger partial charge >= 0.3 is 0 Å². The predicted molar refractivity (Wildman–Crippen MR) is 84.2 cm³/mol. The molecule has 20 heavy (non-hydrogen) atoms. The van der Waals surface area contributed by atoms with E-state index >= 15 is 0 Å². The van der Waals surface area contributed by atoms with Crippen molar-refractivity contribution in [1.29, 1.82) is 0 Å². The summed E-state index contributed by atoms with van der Waals surface area (Å²) in [5.41, 5.74) is 6.16. The van der Waals surface area contributed by atoms with Crippen molar-refractivity contribution < 1.29 is 0 Å². The van der Waals surface area contributed by atoms with Crippen molar-refractivity contribution in [3.05, 3.63) is 52.9 Å². The summed E-state index contributed by atoms with van der Waals surface area (Å²) >= 11 is 0. The topological polar surface area (TPSA) is 3.24 Å². The molecular formula is C19H23N. The van der Waals surface area contributed by atoms with Gasteiger partial charge in [-0.2, -0.15) is 0 Å². The number of hydrogen-bond acceptors (Lipinski definition) is 1. The summed E-state index contributed by atoms with van der Waals surface area (Å²) in [5.74, 6) is 1.44. The molecule has 1 nitrogen and oxygen atoms in total.